The maximum atomic E-state index is 12.1. The summed E-state index contributed by atoms with van der Waals surface area (Å²) in [6.45, 7) is 0.324. The number of aliphatic hydroxyl groups is 1. The summed E-state index contributed by atoms with van der Waals surface area (Å²) < 4.78 is 28.7. The lowest BCUT2D eigenvalue weighted by Crippen LogP contribution is -2.24. The average Bonchev–Trinajstić information content (AvgIpc) is 3.13. The van der Waals surface area contributed by atoms with Crippen LogP contribution in [0.3, 0.4) is 0 Å². The monoisotopic (exact) mass is 304 g/mol. The van der Waals surface area contributed by atoms with Crippen molar-refractivity contribution in [3.05, 3.63) is 18.0 Å². The van der Waals surface area contributed by atoms with Crippen molar-refractivity contribution in [3.8, 4) is 0 Å². The molecular weight excluding hydrogens is 284 g/mol. The molecule has 2 N–H and O–H groups in total. The van der Waals surface area contributed by atoms with Gasteiger partial charge < -0.3 is 9.67 Å². The number of rotatable bonds is 8. The predicted octanol–water partition coefficient (Wildman–Crippen LogP) is 1.35. The maximum absolute atomic E-state index is 12.1. The minimum Gasteiger partial charge on any atom is -0.390 e. The molecule has 2 rings (SSSR count). The molecule has 19 heavy (non-hydrogen) atoms. The molecule has 0 unspecified atom stereocenters. The Hall–Kier alpha value is -0.500. The van der Waals surface area contributed by atoms with Crippen molar-refractivity contribution < 1.29 is 13.5 Å². The molecule has 1 aliphatic carbocycles. The Morgan fingerprint density at radius 3 is 2.84 bits per heavy atom. The molecule has 0 aromatic carbocycles. The topological polar surface area (TPSA) is 71.3 Å². The second-order valence-corrected chi connectivity index (χ2v) is 7.46. The van der Waals surface area contributed by atoms with E-state index in [-0.39, 0.29) is 11.5 Å². The minimum atomic E-state index is -3.45. The lowest BCUT2D eigenvalue weighted by atomic mass is 10.4. The van der Waals surface area contributed by atoms with Crippen LogP contribution >= 0.6 is 11.8 Å². The Balaban J connectivity index is 2.07. The molecule has 1 fully saturated rings. The number of nitrogens with one attached hydrogen (secondary N) is 1. The fourth-order valence-electron chi connectivity index (χ4n) is 1.97. The number of aliphatic hydroxyl groups excluding tert-OH is 1. The van der Waals surface area contributed by atoms with Crippen LogP contribution in [-0.4, -0.2) is 36.6 Å². The third-order valence-electron chi connectivity index (χ3n) is 3.14. The second kappa shape index (κ2) is 6.30. The maximum Gasteiger partial charge on any atom is 0.242 e. The van der Waals surface area contributed by atoms with E-state index < -0.39 is 10.0 Å². The van der Waals surface area contributed by atoms with Gasteiger partial charge in [0, 0.05) is 24.5 Å². The van der Waals surface area contributed by atoms with Gasteiger partial charge in [0.15, 0.2) is 0 Å². The van der Waals surface area contributed by atoms with E-state index in [1.54, 1.807) is 24.0 Å². The Bertz CT molecular complexity index is 521. The molecule has 0 aliphatic heterocycles. The van der Waals surface area contributed by atoms with Crippen LogP contribution in [0.2, 0.25) is 0 Å². The minimum absolute atomic E-state index is 0.126. The van der Waals surface area contributed by atoms with Crippen LogP contribution in [0.5, 0.6) is 0 Å². The van der Waals surface area contributed by atoms with Gasteiger partial charge in [0.2, 0.25) is 10.0 Å². The van der Waals surface area contributed by atoms with Crippen LogP contribution in [0.1, 0.15) is 31.0 Å². The summed E-state index contributed by atoms with van der Waals surface area (Å²) in [5, 5.41) is 9.28. The van der Waals surface area contributed by atoms with Gasteiger partial charge in [-0.15, -0.1) is 0 Å². The van der Waals surface area contributed by atoms with E-state index in [1.165, 1.54) is 0 Å². The molecule has 7 heteroatoms. The Morgan fingerprint density at radius 1 is 1.53 bits per heavy atom. The summed E-state index contributed by atoms with van der Waals surface area (Å²) in [5.74, 6) is 0.938. The molecule has 108 valence electrons. The van der Waals surface area contributed by atoms with Gasteiger partial charge in [0.25, 0.3) is 0 Å². The van der Waals surface area contributed by atoms with E-state index in [4.69, 9.17) is 0 Å². The SMILES string of the molecule is CSCCCNS(=O)(=O)c1cc(CO)n(C2CC2)c1. The van der Waals surface area contributed by atoms with Gasteiger partial charge in [-0.2, -0.15) is 11.8 Å². The predicted molar refractivity (Wildman–Crippen MR) is 76.8 cm³/mol. The molecule has 0 radical (unpaired) electrons. The molecule has 1 aromatic heterocycles. The molecule has 1 saturated carbocycles. The summed E-state index contributed by atoms with van der Waals surface area (Å²) in [6, 6.07) is 1.93. The third kappa shape index (κ3) is 3.75. The molecule has 0 atom stereocenters. The number of sulfonamides is 1. The highest BCUT2D eigenvalue weighted by Gasteiger charge is 2.27. The summed E-state index contributed by atoms with van der Waals surface area (Å²) in [7, 11) is -3.45. The quantitative estimate of drug-likeness (QED) is 0.711. The molecule has 0 amide bonds. The normalized spacial score (nSPS) is 15.9. The standard InChI is InChI=1S/C12H20N2O3S2/c1-18-6-2-5-13-19(16,17)12-7-11(9-15)14(8-12)10-3-4-10/h7-8,10,13,15H,2-6,9H2,1H3. The van der Waals surface area contributed by atoms with E-state index in [9.17, 15) is 13.5 Å². The first-order valence-corrected chi connectivity index (χ1v) is 9.26. The number of hydrogen-bond acceptors (Lipinski definition) is 4. The van der Waals surface area contributed by atoms with Crippen LogP contribution in [0.4, 0.5) is 0 Å². The van der Waals surface area contributed by atoms with E-state index in [2.05, 4.69) is 4.72 Å². The summed E-state index contributed by atoms with van der Waals surface area (Å²) in [5.41, 5.74) is 0.673. The third-order valence-corrected chi connectivity index (χ3v) is 5.26. The number of thioether (sulfide) groups is 1. The largest absolute Gasteiger partial charge is 0.390 e. The number of aromatic nitrogens is 1. The molecular formula is C12H20N2O3S2. The molecule has 1 aliphatic rings. The van der Waals surface area contributed by atoms with Gasteiger partial charge in [-0.05, 0) is 37.3 Å². The zero-order valence-electron chi connectivity index (χ0n) is 11.0. The first kappa shape index (κ1) is 14.9. The Kier molecular flexibility index (Phi) is 4.94. The summed E-state index contributed by atoms with van der Waals surface area (Å²) in [4.78, 5) is 0.257. The van der Waals surface area contributed by atoms with Crippen LogP contribution in [-0.2, 0) is 16.6 Å². The van der Waals surface area contributed by atoms with Gasteiger partial charge in [-0.1, -0.05) is 0 Å². The van der Waals surface area contributed by atoms with Crippen molar-refractivity contribution in [1.29, 1.82) is 0 Å². The van der Waals surface area contributed by atoms with Gasteiger partial charge >= 0.3 is 0 Å². The number of nitrogens with zero attached hydrogens (tertiary/aromatic N) is 1. The molecule has 5 nitrogen and oxygen atoms in total. The molecule has 0 saturated heterocycles. The first-order valence-electron chi connectivity index (χ1n) is 6.38. The zero-order valence-corrected chi connectivity index (χ0v) is 12.6. The van der Waals surface area contributed by atoms with Crippen molar-refractivity contribution in [1.82, 2.24) is 9.29 Å². The van der Waals surface area contributed by atoms with Gasteiger partial charge in [-0.25, -0.2) is 13.1 Å². The smallest absolute Gasteiger partial charge is 0.242 e. The highest BCUT2D eigenvalue weighted by Crippen LogP contribution is 2.37. The van der Waals surface area contributed by atoms with E-state index in [0.717, 1.165) is 25.0 Å². The van der Waals surface area contributed by atoms with E-state index in [0.29, 0.717) is 18.3 Å². The molecule has 1 heterocycles. The fourth-order valence-corrected chi connectivity index (χ4v) is 3.53. The lowest BCUT2D eigenvalue weighted by Gasteiger charge is -2.04. The summed E-state index contributed by atoms with van der Waals surface area (Å²) >= 11 is 1.70. The van der Waals surface area contributed by atoms with Gasteiger partial charge in [-0.3, -0.25) is 0 Å². The van der Waals surface area contributed by atoms with Gasteiger partial charge in [0.1, 0.15) is 0 Å². The van der Waals surface area contributed by atoms with Gasteiger partial charge in [0.05, 0.1) is 11.5 Å². The summed E-state index contributed by atoms with van der Waals surface area (Å²) in [6.07, 6.45) is 6.57. The Morgan fingerprint density at radius 2 is 2.26 bits per heavy atom. The molecule has 0 spiro atoms. The highest BCUT2D eigenvalue weighted by atomic mass is 32.2. The number of hydrogen-bond donors (Lipinski definition) is 2. The molecule has 0 bridgehead atoms. The zero-order chi connectivity index (χ0) is 13.9. The van der Waals surface area contributed by atoms with Crippen molar-refractivity contribution in [2.45, 2.75) is 36.8 Å². The van der Waals surface area contributed by atoms with Crippen LogP contribution in [0.25, 0.3) is 0 Å². The highest BCUT2D eigenvalue weighted by molar-refractivity contribution is 7.98. The van der Waals surface area contributed by atoms with E-state index >= 15 is 0 Å². The molecule has 1 aromatic rings. The Labute approximate surface area is 118 Å². The van der Waals surface area contributed by atoms with Crippen LogP contribution in [0.15, 0.2) is 17.2 Å². The van der Waals surface area contributed by atoms with Crippen molar-refractivity contribution in [3.63, 3.8) is 0 Å². The lowest BCUT2D eigenvalue weighted by molar-refractivity contribution is 0.270. The average molecular weight is 304 g/mol. The van der Waals surface area contributed by atoms with Crippen molar-refractivity contribution in [2.75, 3.05) is 18.6 Å². The van der Waals surface area contributed by atoms with Crippen molar-refractivity contribution in [2.24, 2.45) is 0 Å². The van der Waals surface area contributed by atoms with E-state index in [1.807, 2.05) is 10.8 Å². The van der Waals surface area contributed by atoms with Crippen LogP contribution in [0, 0.1) is 0 Å². The fraction of sp³-hybridized carbons (Fsp3) is 0.667. The van der Waals surface area contributed by atoms with Crippen molar-refractivity contribution >= 4 is 21.8 Å². The second-order valence-electron chi connectivity index (χ2n) is 4.71. The first-order chi connectivity index (χ1) is 9.08. The van der Waals surface area contributed by atoms with Crippen LogP contribution < -0.4 is 4.72 Å².